The molecule has 0 aliphatic carbocycles. The highest BCUT2D eigenvalue weighted by molar-refractivity contribution is 7.12. The molecule has 2 rings (SSSR count). The van der Waals surface area contributed by atoms with Crippen molar-refractivity contribution in [3.05, 3.63) is 57.8 Å². The van der Waals surface area contributed by atoms with Gasteiger partial charge >= 0.3 is 0 Å². The van der Waals surface area contributed by atoms with E-state index >= 15 is 0 Å². The van der Waals surface area contributed by atoms with Gasteiger partial charge in [-0.2, -0.15) is 0 Å². The normalized spacial score (nSPS) is 10.3. The minimum Gasteiger partial charge on any atom is -0.294 e. The van der Waals surface area contributed by atoms with E-state index in [1.54, 1.807) is 6.07 Å². The maximum atomic E-state index is 12.0. The summed E-state index contributed by atoms with van der Waals surface area (Å²) in [6, 6.07) is 11.1. The summed E-state index contributed by atoms with van der Waals surface area (Å²) in [4.78, 5) is 24.5. The Balaban J connectivity index is 1.97. The average Bonchev–Trinajstić information content (AvgIpc) is 2.90. The van der Waals surface area contributed by atoms with Crippen LogP contribution in [0.3, 0.4) is 0 Å². The molecule has 18 heavy (non-hydrogen) atoms. The molecule has 0 atom stereocenters. The minimum atomic E-state index is 0.0398. The van der Waals surface area contributed by atoms with Gasteiger partial charge in [-0.15, -0.1) is 11.3 Å². The van der Waals surface area contributed by atoms with Crippen LogP contribution in [0, 0.1) is 6.92 Å². The van der Waals surface area contributed by atoms with E-state index in [-0.39, 0.29) is 24.4 Å². The van der Waals surface area contributed by atoms with Crippen molar-refractivity contribution < 1.29 is 9.59 Å². The van der Waals surface area contributed by atoms with Gasteiger partial charge in [0.2, 0.25) is 0 Å². The van der Waals surface area contributed by atoms with Crippen molar-refractivity contribution in [3.63, 3.8) is 0 Å². The van der Waals surface area contributed by atoms with E-state index in [2.05, 4.69) is 0 Å². The van der Waals surface area contributed by atoms with Crippen molar-refractivity contribution in [2.24, 2.45) is 0 Å². The molecule has 0 saturated heterocycles. The van der Waals surface area contributed by atoms with E-state index in [1.807, 2.05) is 42.6 Å². The first kappa shape index (κ1) is 12.7. The molecule has 0 amide bonds. The standard InChI is InChI=1S/C15H14O2S/c1-11-5-2-3-6-12(11)13(16)8-9-14(17)15-7-4-10-18-15/h2-7,10H,8-9H2,1H3. The fourth-order valence-corrected chi connectivity index (χ4v) is 2.50. The summed E-state index contributed by atoms with van der Waals surface area (Å²) in [6.07, 6.45) is 0.565. The maximum absolute atomic E-state index is 12.0. The second-order valence-electron chi connectivity index (χ2n) is 4.14. The number of thiophene rings is 1. The Morgan fingerprint density at radius 1 is 1.00 bits per heavy atom. The molecule has 1 heterocycles. The van der Waals surface area contributed by atoms with Crippen LogP contribution in [0.1, 0.15) is 38.4 Å². The van der Waals surface area contributed by atoms with Gasteiger partial charge in [0.15, 0.2) is 11.6 Å². The predicted octanol–water partition coefficient (Wildman–Crippen LogP) is 3.90. The second kappa shape index (κ2) is 5.74. The Labute approximate surface area is 110 Å². The summed E-state index contributed by atoms with van der Waals surface area (Å²) in [5.41, 5.74) is 1.68. The summed E-state index contributed by atoms with van der Waals surface area (Å²) < 4.78 is 0. The van der Waals surface area contributed by atoms with E-state index in [0.29, 0.717) is 0 Å². The molecule has 3 heteroatoms. The Bertz CT molecular complexity index is 556. The van der Waals surface area contributed by atoms with E-state index in [0.717, 1.165) is 16.0 Å². The predicted molar refractivity (Wildman–Crippen MR) is 73.4 cm³/mol. The summed E-state index contributed by atoms with van der Waals surface area (Å²) in [7, 11) is 0. The van der Waals surface area contributed by atoms with Crippen LogP contribution < -0.4 is 0 Å². The number of hydrogen-bond acceptors (Lipinski definition) is 3. The molecule has 0 aliphatic heterocycles. The van der Waals surface area contributed by atoms with Crippen LogP contribution in [0.25, 0.3) is 0 Å². The lowest BCUT2D eigenvalue weighted by Gasteiger charge is -2.03. The van der Waals surface area contributed by atoms with Gasteiger partial charge in [0.05, 0.1) is 4.88 Å². The maximum Gasteiger partial charge on any atom is 0.173 e. The second-order valence-corrected chi connectivity index (χ2v) is 5.09. The third kappa shape index (κ3) is 2.93. The third-order valence-electron chi connectivity index (χ3n) is 2.82. The van der Waals surface area contributed by atoms with Crippen molar-refractivity contribution in [2.75, 3.05) is 0 Å². The first-order chi connectivity index (χ1) is 8.68. The molecule has 0 fully saturated rings. The van der Waals surface area contributed by atoms with Gasteiger partial charge in [0, 0.05) is 18.4 Å². The van der Waals surface area contributed by atoms with Gasteiger partial charge in [-0.05, 0) is 23.9 Å². The highest BCUT2D eigenvalue weighted by atomic mass is 32.1. The number of carbonyl (C=O) groups excluding carboxylic acids is 2. The van der Waals surface area contributed by atoms with Gasteiger partial charge in [0.25, 0.3) is 0 Å². The molecule has 0 N–H and O–H groups in total. The monoisotopic (exact) mass is 258 g/mol. The lowest BCUT2D eigenvalue weighted by molar-refractivity contribution is 0.0919. The Hall–Kier alpha value is -1.74. The van der Waals surface area contributed by atoms with E-state index in [9.17, 15) is 9.59 Å². The number of carbonyl (C=O) groups is 2. The summed E-state index contributed by atoms with van der Waals surface area (Å²) in [5.74, 6) is 0.0879. The number of aryl methyl sites for hydroxylation is 1. The van der Waals surface area contributed by atoms with Crippen LogP contribution >= 0.6 is 11.3 Å². The zero-order valence-corrected chi connectivity index (χ0v) is 11.0. The Morgan fingerprint density at radius 2 is 1.72 bits per heavy atom. The number of benzene rings is 1. The largest absolute Gasteiger partial charge is 0.294 e. The highest BCUT2D eigenvalue weighted by Gasteiger charge is 2.12. The summed E-state index contributed by atoms with van der Waals surface area (Å²) >= 11 is 1.42. The fourth-order valence-electron chi connectivity index (χ4n) is 1.81. The van der Waals surface area contributed by atoms with E-state index in [1.165, 1.54) is 11.3 Å². The number of ketones is 2. The summed E-state index contributed by atoms with van der Waals surface area (Å²) in [5, 5.41) is 1.87. The molecule has 0 bridgehead atoms. The summed E-state index contributed by atoms with van der Waals surface area (Å²) in [6.45, 7) is 1.91. The molecule has 1 aromatic carbocycles. The molecule has 1 aromatic heterocycles. The number of Topliss-reactive ketones (excluding diaryl/α,β-unsaturated/α-hetero) is 2. The van der Waals surface area contributed by atoms with Gasteiger partial charge in [-0.3, -0.25) is 9.59 Å². The van der Waals surface area contributed by atoms with Crippen LogP contribution in [-0.4, -0.2) is 11.6 Å². The Morgan fingerprint density at radius 3 is 2.39 bits per heavy atom. The first-order valence-corrected chi connectivity index (χ1v) is 6.72. The topological polar surface area (TPSA) is 34.1 Å². The fraction of sp³-hybridized carbons (Fsp3) is 0.200. The average molecular weight is 258 g/mol. The van der Waals surface area contributed by atoms with Crippen LogP contribution in [0.4, 0.5) is 0 Å². The molecule has 0 spiro atoms. The van der Waals surface area contributed by atoms with Crippen molar-refractivity contribution in [1.29, 1.82) is 0 Å². The highest BCUT2D eigenvalue weighted by Crippen LogP contribution is 2.15. The van der Waals surface area contributed by atoms with Crippen LogP contribution in [-0.2, 0) is 0 Å². The lowest BCUT2D eigenvalue weighted by Crippen LogP contribution is -2.05. The molecular formula is C15H14O2S. The number of hydrogen-bond donors (Lipinski definition) is 0. The van der Waals surface area contributed by atoms with Crippen molar-refractivity contribution in [1.82, 2.24) is 0 Å². The van der Waals surface area contributed by atoms with Gasteiger partial charge < -0.3 is 0 Å². The molecule has 0 aliphatic rings. The molecule has 0 saturated carbocycles. The lowest BCUT2D eigenvalue weighted by atomic mass is 10.0. The third-order valence-corrected chi connectivity index (χ3v) is 3.73. The molecule has 0 radical (unpaired) electrons. The minimum absolute atomic E-state index is 0.0398. The van der Waals surface area contributed by atoms with Crippen LogP contribution in [0.2, 0.25) is 0 Å². The van der Waals surface area contributed by atoms with Crippen LogP contribution in [0.15, 0.2) is 41.8 Å². The molecule has 92 valence electrons. The van der Waals surface area contributed by atoms with E-state index in [4.69, 9.17) is 0 Å². The van der Waals surface area contributed by atoms with Crippen molar-refractivity contribution in [3.8, 4) is 0 Å². The zero-order chi connectivity index (χ0) is 13.0. The quantitative estimate of drug-likeness (QED) is 0.762. The first-order valence-electron chi connectivity index (χ1n) is 5.84. The SMILES string of the molecule is Cc1ccccc1C(=O)CCC(=O)c1cccs1. The van der Waals surface area contributed by atoms with Crippen molar-refractivity contribution in [2.45, 2.75) is 19.8 Å². The smallest absolute Gasteiger partial charge is 0.173 e. The van der Waals surface area contributed by atoms with Gasteiger partial charge in [-0.1, -0.05) is 30.3 Å². The molecule has 2 nitrogen and oxygen atoms in total. The van der Waals surface area contributed by atoms with Crippen molar-refractivity contribution >= 4 is 22.9 Å². The molecular weight excluding hydrogens is 244 g/mol. The van der Waals surface area contributed by atoms with Crippen LogP contribution in [0.5, 0.6) is 0 Å². The zero-order valence-electron chi connectivity index (χ0n) is 10.2. The number of rotatable bonds is 5. The van der Waals surface area contributed by atoms with E-state index < -0.39 is 0 Å². The molecule has 0 unspecified atom stereocenters. The van der Waals surface area contributed by atoms with Gasteiger partial charge in [-0.25, -0.2) is 0 Å². The molecule has 2 aromatic rings. The Kier molecular flexibility index (Phi) is 4.05. The van der Waals surface area contributed by atoms with Gasteiger partial charge in [0.1, 0.15) is 0 Å².